The number of Topliss-reactive ketones (excluding diaryl/α,β-unsaturated/α-hetero) is 1. The SMILES string of the molecule is CCCOc1cccc(/C(O)=C2\C(=O)C(=O)N(CCN3CCOCC3)C2c2ccc([N+](=O)[O-])cc2)c1. The van der Waals surface area contributed by atoms with Crippen LogP contribution in [0.4, 0.5) is 5.69 Å². The van der Waals surface area contributed by atoms with Crippen LogP contribution in [0.15, 0.2) is 54.1 Å². The number of carbonyl (C=O) groups is 2. The second-order valence-corrected chi connectivity index (χ2v) is 8.67. The molecule has 2 aliphatic rings. The van der Waals surface area contributed by atoms with Crippen LogP contribution in [0.1, 0.15) is 30.5 Å². The largest absolute Gasteiger partial charge is 0.507 e. The van der Waals surface area contributed by atoms with Crippen molar-refractivity contribution in [2.45, 2.75) is 19.4 Å². The van der Waals surface area contributed by atoms with E-state index in [1.54, 1.807) is 24.3 Å². The van der Waals surface area contributed by atoms with E-state index in [1.165, 1.54) is 29.2 Å². The van der Waals surface area contributed by atoms with Crippen LogP contribution in [0.5, 0.6) is 5.75 Å². The molecule has 10 heteroatoms. The van der Waals surface area contributed by atoms with E-state index in [1.807, 2.05) is 6.92 Å². The molecular weight excluding hydrogens is 466 g/mol. The summed E-state index contributed by atoms with van der Waals surface area (Å²) >= 11 is 0. The molecule has 0 saturated carbocycles. The number of ether oxygens (including phenoxy) is 2. The summed E-state index contributed by atoms with van der Waals surface area (Å²) in [5.74, 6) is -1.29. The number of nitrogens with zero attached hydrogens (tertiary/aromatic N) is 3. The molecule has 1 atom stereocenters. The van der Waals surface area contributed by atoms with E-state index in [0.29, 0.717) is 43.2 Å². The normalized spacial score (nSPS) is 20.0. The Labute approximate surface area is 208 Å². The van der Waals surface area contributed by atoms with E-state index in [-0.39, 0.29) is 23.6 Å². The maximum Gasteiger partial charge on any atom is 0.295 e. The van der Waals surface area contributed by atoms with E-state index in [2.05, 4.69) is 4.90 Å². The van der Waals surface area contributed by atoms with Gasteiger partial charge in [-0.25, -0.2) is 0 Å². The molecule has 2 saturated heterocycles. The molecule has 10 nitrogen and oxygen atoms in total. The number of morpholine rings is 1. The number of carbonyl (C=O) groups excluding carboxylic acids is 2. The van der Waals surface area contributed by atoms with Crippen LogP contribution in [0.2, 0.25) is 0 Å². The van der Waals surface area contributed by atoms with Gasteiger partial charge < -0.3 is 19.5 Å². The number of hydrogen-bond donors (Lipinski definition) is 1. The van der Waals surface area contributed by atoms with Gasteiger partial charge in [0.1, 0.15) is 11.5 Å². The van der Waals surface area contributed by atoms with Crippen LogP contribution >= 0.6 is 0 Å². The molecule has 2 fully saturated rings. The van der Waals surface area contributed by atoms with E-state index in [4.69, 9.17) is 9.47 Å². The highest BCUT2D eigenvalue weighted by atomic mass is 16.6. The first-order valence-corrected chi connectivity index (χ1v) is 12.0. The van der Waals surface area contributed by atoms with Crippen LogP contribution in [-0.4, -0.2) is 77.5 Å². The topological polar surface area (TPSA) is 122 Å². The zero-order chi connectivity index (χ0) is 25.7. The average molecular weight is 496 g/mol. The van der Waals surface area contributed by atoms with Crippen molar-refractivity contribution in [2.24, 2.45) is 0 Å². The van der Waals surface area contributed by atoms with E-state index >= 15 is 0 Å². The van der Waals surface area contributed by atoms with Crippen molar-refractivity contribution < 1.29 is 29.1 Å². The van der Waals surface area contributed by atoms with Crippen LogP contribution in [-0.2, 0) is 14.3 Å². The molecule has 2 aromatic carbocycles. The van der Waals surface area contributed by atoms with E-state index in [0.717, 1.165) is 19.5 Å². The molecule has 190 valence electrons. The number of ketones is 1. The van der Waals surface area contributed by atoms with Gasteiger partial charge in [0.2, 0.25) is 0 Å². The predicted octanol–water partition coefficient (Wildman–Crippen LogP) is 3.14. The third kappa shape index (κ3) is 5.39. The number of aliphatic hydroxyl groups excluding tert-OH is 1. The van der Waals surface area contributed by atoms with Crippen LogP contribution in [0.25, 0.3) is 5.76 Å². The van der Waals surface area contributed by atoms with Crippen LogP contribution in [0, 0.1) is 10.1 Å². The lowest BCUT2D eigenvalue weighted by Gasteiger charge is -2.31. The summed E-state index contributed by atoms with van der Waals surface area (Å²) in [5, 5.41) is 22.4. The molecule has 36 heavy (non-hydrogen) atoms. The molecule has 1 unspecified atom stereocenters. The highest BCUT2D eigenvalue weighted by molar-refractivity contribution is 6.46. The number of non-ortho nitro benzene ring substituents is 1. The maximum absolute atomic E-state index is 13.2. The van der Waals surface area contributed by atoms with E-state index in [9.17, 15) is 24.8 Å². The quantitative estimate of drug-likeness (QED) is 0.185. The van der Waals surface area contributed by atoms with Gasteiger partial charge in [0.15, 0.2) is 0 Å². The fourth-order valence-corrected chi connectivity index (χ4v) is 4.42. The number of aliphatic hydroxyl groups is 1. The number of amides is 1. The summed E-state index contributed by atoms with van der Waals surface area (Å²) in [4.78, 5) is 40.6. The second-order valence-electron chi connectivity index (χ2n) is 8.67. The number of benzene rings is 2. The van der Waals surface area contributed by atoms with Crippen molar-refractivity contribution in [3.63, 3.8) is 0 Å². The minimum atomic E-state index is -0.882. The number of rotatable bonds is 9. The Kier molecular flexibility index (Phi) is 7.97. The van der Waals surface area contributed by atoms with Gasteiger partial charge in [-0.1, -0.05) is 19.1 Å². The molecular formula is C26H29N3O7. The monoisotopic (exact) mass is 495 g/mol. The smallest absolute Gasteiger partial charge is 0.295 e. The molecule has 4 rings (SSSR count). The van der Waals surface area contributed by atoms with Gasteiger partial charge in [-0.05, 0) is 36.2 Å². The third-order valence-electron chi connectivity index (χ3n) is 6.30. The fourth-order valence-electron chi connectivity index (χ4n) is 4.42. The molecule has 1 amide bonds. The van der Waals surface area contributed by atoms with Crippen molar-refractivity contribution in [3.8, 4) is 5.75 Å². The maximum atomic E-state index is 13.2. The molecule has 0 bridgehead atoms. The molecule has 2 heterocycles. The Morgan fingerprint density at radius 3 is 2.53 bits per heavy atom. The van der Waals surface area contributed by atoms with Crippen molar-refractivity contribution in [1.82, 2.24) is 9.80 Å². The molecule has 2 aromatic rings. The Morgan fingerprint density at radius 2 is 1.86 bits per heavy atom. The molecule has 0 radical (unpaired) electrons. The molecule has 1 N–H and O–H groups in total. The first-order valence-electron chi connectivity index (χ1n) is 12.0. The Morgan fingerprint density at radius 1 is 1.14 bits per heavy atom. The molecule has 0 spiro atoms. The summed E-state index contributed by atoms with van der Waals surface area (Å²) in [6.45, 7) is 5.89. The number of hydrogen-bond acceptors (Lipinski definition) is 8. The van der Waals surface area contributed by atoms with Crippen molar-refractivity contribution in [1.29, 1.82) is 0 Å². The summed E-state index contributed by atoms with van der Waals surface area (Å²) in [6, 6.07) is 11.5. The summed E-state index contributed by atoms with van der Waals surface area (Å²) < 4.78 is 11.0. The molecule has 0 aromatic heterocycles. The highest BCUT2D eigenvalue weighted by Crippen LogP contribution is 2.40. The van der Waals surface area contributed by atoms with Gasteiger partial charge in [0.25, 0.3) is 17.4 Å². The summed E-state index contributed by atoms with van der Waals surface area (Å²) in [6.07, 6.45) is 0.810. The lowest BCUT2D eigenvalue weighted by atomic mass is 9.95. The minimum absolute atomic E-state index is 0.0523. The summed E-state index contributed by atoms with van der Waals surface area (Å²) in [5.41, 5.74) is 0.691. The Balaban J connectivity index is 1.73. The zero-order valence-corrected chi connectivity index (χ0v) is 20.1. The number of nitro benzene ring substituents is 1. The fraction of sp³-hybridized carbons (Fsp3) is 0.385. The van der Waals surface area contributed by atoms with Crippen molar-refractivity contribution in [3.05, 3.63) is 75.3 Å². The molecule has 2 aliphatic heterocycles. The second kappa shape index (κ2) is 11.3. The predicted molar refractivity (Wildman–Crippen MR) is 132 cm³/mol. The lowest BCUT2D eigenvalue weighted by molar-refractivity contribution is -0.384. The first-order chi connectivity index (χ1) is 17.4. The third-order valence-corrected chi connectivity index (χ3v) is 6.30. The molecule has 0 aliphatic carbocycles. The van der Waals surface area contributed by atoms with E-state index < -0.39 is 22.7 Å². The van der Waals surface area contributed by atoms with Crippen LogP contribution in [0.3, 0.4) is 0 Å². The zero-order valence-electron chi connectivity index (χ0n) is 20.1. The Bertz CT molecular complexity index is 1160. The van der Waals surface area contributed by atoms with Gasteiger partial charge in [0.05, 0.1) is 36.4 Å². The van der Waals surface area contributed by atoms with Gasteiger partial charge in [-0.15, -0.1) is 0 Å². The van der Waals surface area contributed by atoms with Gasteiger partial charge in [0, 0.05) is 43.9 Å². The van der Waals surface area contributed by atoms with Gasteiger partial charge in [-0.3, -0.25) is 24.6 Å². The van der Waals surface area contributed by atoms with Gasteiger partial charge >= 0.3 is 0 Å². The number of nitro groups is 1. The standard InChI is InChI=1S/C26H29N3O7/c1-2-14-36-21-5-3-4-19(17-21)24(30)22-23(18-6-8-20(9-7-18)29(33)34)28(26(32)25(22)31)11-10-27-12-15-35-16-13-27/h3-9,17,23,30H,2,10-16H2,1H3/b24-22+. The highest BCUT2D eigenvalue weighted by Gasteiger charge is 2.46. The first kappa shape index (κ1) is 25.3. The van der Waals surface area contributed by atoms with Crippen molar-refractivity contribution in [2.75, 3.05) is 46.0 Å². The van der Waals surface area contributed by atoms with Crippen LogP contribution < -0.4 is 4.74 Å². The number of likely N-dealkylation sites (tertiary alicyclic amines) is 1. The van der Waals surface area contributed by atoms with Gasteiger partial charge in [-0.2, -0.15) is 0 Å². The summed E-state index contributed by atoms with van der Waals surface area (Å²) in [7, 11) is 0. The minimum Gasteiger partial charge on any atom is -0.507 e. The Hall–Kier alpha value is -3.76. The van der Waals surface area contributed by atoms with Crippen molar-refractivity contribution >= 4 is 23.1 Å². The average Bonchev–Trinajstić information content (AvgIpc) is 3.16. The lowest BCUT2D eigenvalue weighted by Crippen LogP contribution is -2.42.